The number of fused-ring (bicyclic) bond motifs is 1. The van der Waals surface area contributed by atoms with E-state index in [1.807, 2.05) is 30.3 Å². The summed E-state index contributed by atoms with van der Waals surface area (Å²) in [7, 11) is 1.44. The minimum Gasteiger partial charge on any atom is -0.493 e. The van der Waals surface area contributed by atoms with Gasteiger partial charge >= 0.3 is 0 Å². The van der Waals surface area contributed by atoms with Gasteiger partial charge in [0.25, 0.3) is 11.2 Å². The molecule has 0 aliphatic heterocycles. The van der Waals surface area contributed by atoms with Crippen LogP contribution in [0.2, 0.25) is 0 Å². The lowest BCUT2D eigenvalue weighted by Crippen LogP contribution is -2.20. The van der Waals surface area contributed by atoms with Crippen molar-refractivity contribution in [3.63, 3.8) is 0 Å². The van der Waals surface area contributed by atoms with E-state index in [4.69, 9.17) is 9.47 Å². The Morgan fingerprint density at radius 2 is 1.82 bits per heavy atom. The van der Waals surface area contributed by atoms with Gasteiger partial charge in [0.1, 0.15) is 12.4 Å². The number of para-hydroxylation sites is 1. The number of benzene rings is 3. The van der Waals surface area contributed by atoms with Gasteiger partial charge in [-0.15, -0.1) is 0 Å². The monoisotopic (exact) mass is 444 g/mol. The number of hydrogen-bond acceptors (Lipinski definition) is 7. The first-order valence-corrected chi connectivity index (χ1v) is 10.0. The lowest BCUT2D eigenvalue weighted by atomic mass is 10.1. The quantitative estimate of drug-likeness (QED) is 0.241. The summed E-state index contributed by atoms with van der Waals surface area (Å²) >= 11 is 0. The molecule has 0 N–H and O–H groups in total. The van der Waals surface area contributed by atoms with Crippen molar-refractivity contribution in [2.24, 2.45) is 5.10 Å². The molecule has 0 atom stereocenters. The largest absolute Gasteiger partial charge is 0.493 e. The third-order valence-electron chi connectivity index (χ3n) is 4.97. The van der Waals surface area contributed by atoms with Crippen LogP contribution >= 0.6 is 0 Å². The summed E-state index contributed by atoms with van der Waals surface area (Å²) in [6.45, 7) is 1.86. The molecule has 9 nitrogen and oxygen atoms in total. The maximum Gasteiger partial charge on any atom is 0.282 e. The molecule has 0 spiro atoms. The lowest BCUT2D eigenvalue weighted by Gasteiger charge is -2.12. The summed E-state index contributed by atoms with van der Waals surface area (Å²) in [4.78, 5) is 28.4. The highest BCUT2D eigenvalue weighted by atomic mass is 16.6. The van der Waals surface area contributed by atoms with Crippen LogP contribution in [0, 0.1) is 17.0 Å². The van der Waals surface area contributed by atoms with Gasteiger partial charge in [-0.05, 0) is 30.7 Å². The van der Waals surface area contributed by atoms with E-state index in [0.29, 0.717) is 22.5 Å². The van der Waals surface area contributed by atoms with Gasteiger partial charge in [-0.25, -0.2) is 4.98 Å². The number of hydrogen-bond donors (Lipinski definition) is 0. The van der Waals surface area contributed by atoms with Crippen molar-refractivity contribution in [2.45, 2.75) is 13.5 Å². The second-order valence-corrected chi connectivity index (χ2v) is 7.13. The highest BCUT2D eigenvalue weighted by Crippen LogP contribution is 2.34. The average molecular weight is 444 g/mol. The van der Waals surface area contributed by atoms with Gasteiger partial charge in [-0.3, -0.25) is 14.9 Å². The Hall–Kier alpha value is -4.53. The molecule has 166 valence electrons. The predicted octanol–water partition coefficient (Wildman–Crippen LogP) is 4.08. The molecular formula is C24H20N4O5. The molecule has 9 heteroatoms. The molecule has 0 aliphatic rings. The Morgan fingerprint density at radius 1 is 1.09 bits per heavy atom. The summed E-state index contributed by atoms with van der Waals surface area (Å²) in [6.07, 6.45) is 1.24. The molecule has 4 rings (SSSR count). The van der Waals surface area contributed by atoms with Gasteiger partial charge in [0.15, 0.2) is 11.5 Å². The van der Waals surface area contributed by atoms with Gasteiger partial charge in [-0.1, -0.05) is 42.5 Å². The summed E-state index contributed by atoms with van der Waals surface area (Å²) in [5.41, 5.74) is 1.02. The summed E-state index contributed by atoms with van der Waals surface area (Å²) in [5, 5.41) is 16.3. The first-order valence-electron chi connectivity index (χ1n) is 10.0. The number of nitro benzene ring substituents is 1. The first-order chi connectivity index (χ1) is 16.0. The third kappa shape index (κ3) is 4.57. The molecular weight excluding hydrogens is 424 g/mol. The fraction of sp³-hybridized carbons (Fsp3) is 0.125. The minimum atomic E-state index is -0.537. The molecule has 0 amide bonds. The van der Waals surface area contributed by atoms with Crippen molar-refractivity contribution in [1.82, 2.24) is 9.66 Å². The second kappa shape index (κ2) is 9.31. The summed E-state index contributed by atoms with van der Waals surface area (Å²) in [5.74, 6) is 0.886. The fourth-order valence-corrected chi connectivity index (χ4v) is 3.32. The van der Waals surface area contributed by atoms with Gasteiger partial charge in [0, 0.05) is 0 Å². The molecule has 0 fully saturated rings. The molecule has 33 heavy (non-hydrogen) atoms. The minimum absolute atomic E-state index is 0.156. The molecule has 3 aromatic carbocycles. The van der Waals surface area contributed by atoms with Crippen molar-refractivity contribution >= 4 is 22.8 Å². The maximum atomic E-state index is 12.8. The smallest absolute Gasteiger partial charge is 0.282 e. The maximum absolute atomic E-state index is 12.8. The first kappa shape index (κ1) is 21.7. The van der Waals surface area contributed by atoms with Crippen molar-refractivity contribution in [3.05, 3.63) is 104 Å². The SMILES string of the molecule is COc1cc(/C=N/n2c(C)nc3ccccc3c2=O)c([N+](=O)[O-])cc1OCc1ccccc1. The fourth-order valence-electron chi connectivity index (χ4n) is 3.32. The number of aromatic nitrogens is 2. The normalized spacial score (nSPS) is 11.1. The lowest BCUT2D eigenvalue weighted by molar-refractivity contribution is -0.385. The van der Waals surface area contributed by atoms with E-state index in [0.717, 1.165) is 10.2 Å². The van der Waals surface area contributed by atoms with Crippen molar-refractivity contribution in [2.75, 3.05) is 7.11 Å². The highest BCUT2D eigenvalue weighted by molar-refractivity contribution is 5.87. The molecule has 0 bridgehead atoms. The van der Waals surface area contributed by atoms with Crippen LogP contribution in [-0.2, 0) is 6.61 Å². The Labute approximate surface area is 188 Å². The standard InChI is InChI=1S/C24H20N4O5/c1-16-26-20-11-7-6-10-19(20)24(29)27(16)25-14-18-12-22(32-2)23(13-21(18)28(30)31)33-15-17-8-4-3-5-9-17/h3-14H,15H2,1-2H3/b25-14+. The van der Waals surface area contributed by atoms with Crippen molar-refractivity contribution in [1.29, 1.82) is 0 Å². The van der Waals surface area contributed by atoms with Crippen molar-refractivity contribution < 1.29 is 14.4 Å². The van der Waals surface area contributed by atoms with Crippen LogP contribution < -0.4 is 15.0 Å². The Morgan fingerprint density at radius 3 is 2.55 bits per heavy atom. The topological polar surface area (TPSA) is 109 Å². The second-order valence-electron chi connectivity index (χ2n) is 7.13. The molecule has 0 unspecified atom stereocenters. The van der Waals surface area contributed by atoms with Gasteiger partial charge < -0.3 is 9.47 Å². The third-order valence-corrected chi connectivity index (χ3v) is 4.97. The van der Waals surface area contributed by atoms with Crippen LogP contribution in [0.25, 0.3) is 10.9 Å². The van der Waals surface area contributed by atoms with Crippen molar-refractivity contribution in [3.8, 4) is 11.5 Å². The molecule has 4 aromatic rings. The Balaban J connectivity index is 1.72. The van der Waals surface area contributed by atoms with E-state index in [1.165, 1.54) is 25.5 Å². The zero-order valence-corrected chi connectivity index (χ0v) is 18.0. The van der Waals surface area contributed by atoms with E-state index < -0.39 is 4.92 Å². The van der Waals surface area contributed by atoms with Gasteiger partial charge in [0.2, 0.25) is 0 Å². The Bertz CT molecular complexity index is 1410. The number of ether oxygens (including phenoxy) is 2. The molecule has 1 aromatic heterocycles. The van der Waals surface area contributed by atoms with Gasteiger partial charge in [-0.2, -0.15) is 9.78 Å². The average Bonchev–Trinajstić information content (AvgIpc) is 2.83. The molecule has 1 heterocycles. The molecule has 0 saturated carbocycles. The van der Waals surface area contributed by atoms with Crippen LogP contribution in [0.15, 0.2) is 76.6 Å². The zero-order valence-electron chi connectivity index (χ0n) is 18.0. The highest BCUT2D eigenvalue weighted by Gasteiger charge is 2.19. The van der Waals surface area contributed by atoms with E-state index in [2.05, 4.69) is 10.1 Å². The van der Waals surface area contributed by atoms with Gasteiger partial charge in [0.05, 0.1) is 40.8 Å². The number of methoxy groups -OCH3 is 1. The number of rotatable bonds is 7. The van der Waals surface area contributed by atoms with E-state index in [-0.39, 0.29) is 29.2 Å². The summed E-state index contributed by atoms with van der Waals surface area (Å²) in [6, 6.07) is 19.1. The number of nitrogens with zero attached hydrogens (tertiary/aromatic N) is 4. The van der Waals surface area contributed by atoms with Crippen LogP contribution in [-0.4, -0.2) is 27.9 Å². The molecule has 0 aliphatic carbocycles. The van der Waals surface area contributed by atoms with E-state index >= 15 is 0 Å². The van der Waals surface area contributed by atoms with E-state index in [9.17, 15) is 14.9 Å². The number of nitro groups is 1. The Kier molecular flexibility index (Phi) is 6.12. The van der Waals surface area contributed by atoms with Crippen LogP contribution in [0.4, 0.5) is 5.69 Å². The zero-order chi connectivity index (χ0) is 23.4. The van der Waals surface area contributed by atoms with E-state index in [1.54, 1.807) is 31.2 Å². The summed E-state index contributed by atoms with van der Waals surface area (Å²) < 4.78 is 12.3. The van der Waals surface area contributed by atoms with Crippen LogP contribution in [0.5, 0.6) is 11.5 Å². The number of aryl methyl sites for hydroxylation is 1. The molecule has 0 radical (unpaired) electrons. The van der Waals surface area contributed by atoms with Crippen LogP contribution in [0.3, 0.4) is 0 Å². The predicted molar refractivity (Wildman–Crippen MR) is 124 cm³/mol. The molecule has 0 saturated heterocycles. The van der Waals surface area contributed by atoms with Crippen LogP contribution in [0.1, 0.15) is 17.0 Å².